The summed E-state index contributed by atoms with van der Waals surface area (Å²) in [5, 5.41) is 10.2. The van der Waals surface area contributed by atoms with E-state index in [4.69, 9.17) is 21.1 Å². The van der Waals surface area contributed by atoms with Crippen molar-refractivity contribution >= 4 is 11.6 Å². The molecule has 21 heavy (non-hydrogen) atoms. The predicted octanol–water partition coefficient (Wildman–Crippen LogP) is 2.25. The Kier molecular flexibility index (Phi) is 4.14. The number of ether oxygens (including phenoxy) is 2. The monoisotopic (exact) mass is 311 g/mol. The number of aliphatic hydroxyl groups is 1. The molecule has 1 unspecified atom stereocenters. The summed E-state index contributed by atoms with van der Waals surface area (Å²) in [7, 11) is 0. The molecule has 0 saturated carbocycles. The van der Waals surface area contributed by atoms with Gasteiger partial charge in [0.25, 0.3) is 0 Å². The van der Waals surface area contributed by atoms with Crippen molar-refractivity contribution in [3.63, 3.8) is 0 Å². The van der Waals surface area contributed by atoms with Gasteiger partial charge in [-0.2, -0.15) is 0 Å². The summed E-state index contributed by atoms with van der Waals surface area (Å²) in [4.78, 5) is 2.30. The van der Waals surface area contributed by atoms with Crippen molar-refractivity contribution in [2.24, 2.45) is 0 Å². The van der Waals surface area contributed by atoms with Crippen LogP contribution in [-0.2, 0) is 17.7 Å². The van der Waals surface area contributed by atoms with Crippen molar-refractivity contribution in [1.82, 2.24) is 4.90 Å². The topological polar surface area (TPSA) is 41.9 Å². The lowest BCUT2D eigenvalue weighted by molar-refractivity contribution is -0.150. The highest BCUT2D eigenvalue weighted by Crippen LogP contribution is 2.34. The molecular weight excluding hydrogens is 290 g/mol. The minimum absolute atomic E-state index is 0.0457. The van der Waals surface area contributed by atoms with Gasteiger partial charge in [0.2, 0.25) is 0 Å². The average Bonchev–Trinajstić information content (AvgIpc) is 2.84. The molecule has 0 radical (unpaired) electrons. The highest BCUT2D eigenvalue weighted by atomic mass is 35.5. The third kappa shape index (κ3) is 3.34. The number of benzene rings is 1. The van der Waals surface area contributed by atoms with Crippen LogP contribution in [0.25, 0.3) is 0 Å². The molecule has 0 aromatic heterocycles. The maximum absolute atomic E-state index is 9.41. The Morgan fingerprint density at radius 2 is 2.24 bits per heavy atom. The van der Waals surface area contributed by atoms with E-state index >= 15 is 0 Å². The van der Waals surface area contributed by atoms with Gasteiger partial charge in [0.05, 0.1) is 24.9 Å². The zero-order chi connectivity index (χ0) is 15.0. The first-order valence-corrected chi connectivity index (χ1v) is 7.80. The first-order chi connectivity index (χ1) is 9.97. The molecular formula is C16H22ClNO3. The van der Waals surface area contributed by atoms with Crippen molar-refractivity contribution < 1.29 is 14.6 Å². The molecule has 0 aliphatic carbocycles. The van der Waals surface area contributed by atoms with Gasteiger partial charge in [-0.25, -0.2) is 0 Å². The summed E-state index contributed by atoms with van der Waals surface area (Å²) >= 11 is 6.22. The van der Waals surface area contributed by atoms with Crippen LogP contribution in [0.4, 0.5) is 0 Å². The maximum Gasteiger partial charge on any atom is 0.127 e. The molecule has 1 N–H and O–H groups in total. The molecule has 0 amide bonds. The number of hydrogen-bond acceptors (Lipinski definition) is 4. The fraction of sp³-hybridized carbons (Fsp3) is 0.625. The van der Waals surface area contributed by atoms with Crippen LogP contribution in [0.15, 0.2) is 12.1 Å². The smallest absolute Gasteiger partial charge is 0.127 e. The van der Waals surface area contributed by atoms with Crippen molar-refractivity contribution in [3.8, 4) is 5.75 Å². The van der Waals surface area contributed by atoms with E-state index in [-0.39, 0.29) is 18.3 Å². The van der Waals surface area contributed by atoms with E-state index in [0.29, 0.717) is 0 Å². The molecule has 1 atom stereocenters. The van der Waals surface area contributed by atoms with Crippen LogP contribution in [0.5, 0.6) is 5.75 Å². The largest absolute Gasteiger partial charge is 0.493 e. The molecule has 0 bridgehead atoms. The van der Waals surface area contributed by atoms with Crippen molar-refractivity contribution in [2.45, 2.75) is 38.5 Å². The lowest BCUT2D eigenvalue weighted by Crippen LogP contribution is -2.53. The number of nitrogens with zero attached hydrogens (tertiary/aromatic N) is 1. The third-order valence-corrected chi connectivity index (χ3v) is 4.19. The summed E-state index contributed by atoms with van der Waals surface area (Å²) in [5.74, 6) is 0.990. The second kappa shape index (κ2) is 5.76. The third-order valence-electron chi connectivity index (χ3n) is 3.97. The second-order valence-electron chi connectivity index (χ2n) is 6.50. The quantitative estimate of drug-likeness (QED) is 0.929. The molecule has 1 fully saturated rings. The molecule has 0 spiro atoms. The van der Waals surface area contributed by atoms with Crippen LogP contribution < -0.4 is 4.74 Å². The van der Waals surface area contributed by atoms with Crippen LogP contribution in [0.2, 0.25) is 5.02 Å². The Morgan fingerprint density at radius 1 is 1.43 bits per heavy atom. The van der Waals surface area contributed by atoms with Gasteiger partial charge in [-0.1, -0.05) is 11.6 Å². The summed E-state index contributed by atoms with van der Waals surface area (Å²) in [5.41, 5.74) is 2.07. The van der Waals surface area contributed by atoms with Crippen molar-refractivity contribution in [3.05, 3.63) is 28.3 Å². The fourth-order valence-electron chi connectivity index (χ4n) is 3.34. The number of hydrogen-bond donors (Lipinski definition) is 1. The summed E-state index contributed by atoms with van der Waals surface area (Å²) < 4.78 is 11.6. The summed E-state index contributed by atoms with van der Waals surface area (Å²) in [6, 6.07) is 3.98. The van der Waals surface area contributed by atoms with Gasteiger partial charge in [0.15, 0.2) is 0 Å². The minimum atomic E-state index is -0.256. The molecule has 1 aromatic carbocycles. The van der Waals surface area contributed by atoms with E-state index in [1.807, 2.05) is 12.1 Å². The van der Waals surface area contributed by atoms with Crippen LogP contribution in [0.1, 0.15) is 25.0 Å². The van der Waals surface area contributed by atoms with Gasteiger partial charge in [0, 0.05) is 36.6 Å². The average molecular weight is 312 g/mol. The zero-order valence-corrected chi connectivity index (χ0v) is 13.3. The number of morpholine rings is 1. The normalized spacial score (nSPS) is 24.7. The number of fused-ring (bicyclic) bond motifs is 1. The predicted molar refractivity (Wildman–Crippen MR) is 82.0 cm³/mol. The molecule has 2 heterocycles. The van der Waals surface area contributed by atoms with E-state index in [2.05, 4.69) is 18.7 Å². The van der Waals surface area contributed by atoms with Gasteiger partial charge in [-0.05, 0) is 31.5 Å². The van der Waals surface area contributed by atoms with Crippen LogP contribution in [0.3, 0.4) is 0 Å². The Balaban J connectivity index is 1.80. The van der Waals surface area contributed by atoms with E-state index in [1.165, 1.54) is 5.56 Å². The van der Waals surface area contributed by atoms with Crippen LogP contribution in [-0.4, -0.2) is 48.0 Å². The van der Waals surface area contributed by atoms with E-state index in [0.717, 1.165) is 49.0 Å². The molecule has 1 saturated heterocycles. The molecule has 116 valence electrons. The van der Waals surface area contributed by atoms with Gasteiger partial charge in [-0.15, -0.1) is 0 Å². The highest BCUT2D eigenvalue weighted by molar-refractivity contribution is 6.30. The number of aliphatic hydroxyl groups excluding tert-OH is 1. The number of halogens is 1. The van der Waals surface area contributed by atoms with E-state index in [1.54, 1.807) is 0 Å². The second-order valence-corrected chi connectivity index (χ2v) is 6.94. The molecule has 1 aromatic rings. The first kappa shape index (κ1) is 15.1. The lowest BCUT2D eigenvalue weighted by atomic mass is 10.0. The van der Waals surface area contributed by atoms with Gasteiger partial charge < -0.3 is 14.6 Å². The Morgan fingerprint density at radius 3 is 3.00 bits per heavy atom. The lowest BCUT2D eigenvalue weighted by Gasteiger charge is -2.42. The SMILES string of the molecule is CC1(C)CN(Cc2cc(Cl)cc3c2OCC3)CC(CO)O1. The Bertz CT molecular complexity index is 532. The standard InChI is InChI=1S/C16H22ClNO3/c1-16(2)10-18(8-14(9-19)21-16)7-12-6-13(17)5-11-3-4-20-15(11)12/h5-6,14,19H,3-4,7-10H2,1-2H3. The molecule has 4 nitrogen and oxygen atoms in total. The van der Waals surface area contributed by atoms with E-state index < -0.39 is 0 Å². The van der Waals surface area contributed by atoms with Crippen molar-refractivity contribution in [1.29, 1.82) is 0 Å². The van der Waals surface area contributed by atoms with Gasteiger partial charge in [-0.3, -0.25) is 4.90 Å². The Hall–Kier alpha value is -0.810. The first-order valence-electron chi connectivity index (χ1n) is 7.42. The fourth-order valence-corrected chi connectivity index (χ4v) is 3.60. The highest BCUT2D eigenvalue weighted by Gasteiger charge is 2.33. The molecule has 3 rings (SSSR count). The maximum atomic E-state index is 9.41. The number of rotatable bonds is 3. The summed E-state index contributed by atoms with van der Waals surface area (Å²) in [6.45, 7) is 7.21. The summed E-state index contributed by atoms with van der Waals surface area (Å²) in [6.07, 6.45) is 0.790. The van der Waals surface area contributed by atoms with Crippen molar-refractivity contribution in [2.75, 3.05) is 26.3 Å². The molecule has 2 aliphatic heterocycles. The molecule has 2 aliphatic rings. The van der Waals surface area contributed by atoms with E-state index in [9.17, 15) is 5.11 Å². The van der Waals surface area contributed by atoms with Crippen LogP contribution >= 0.6 is 11.6 Å². The zero-order valence-electron chi connectivity index (χ0n) is 12.6. The van der Waals surface area contributed by atoms with Gasteiger partial charge >= 0.3 is 0 Å². The van der Waals surface area contributed by atoms with Crippen LogP contribution in [0, 0.1) is 0 Å². The Labute approximate surface area is 130 Å². The molecule has 5 heteroatoms. The minimum Gasteiger partial charge on any atom is -0.493 e. The van der Waals surface area contributed by atoms with Gasteiger partial charge in [0.1, 0.15) is 5.75 Å².